The number of aromatic nitrogens is 3. The van der Waals surface area contributed by atoms with Crippen molar-refractivity contribution in [1.29, 1.82) is 0 Å². The number of ether oxygens (including phenoxy) is 1. The van der Waals surface area contributed by atoms with Crippen molar-refractivity contribution in [1.82, 2.24) is 15.0 Å². The molecule has 2 heterocycles. The van der Waals surface area contributed by atoms with Crippen molar-refractivity contribution in [2.45, 2.75) is 0 Å². The van der Waals surface area contributed by atoms with Gasteiger partial charge in [0.25, 0.3) is 0 Å². The van der Waals surface area contributed by atoms with Crippen LogP contribution in [0, 0.1) is 0 Å². The second-order valence-corrected chi connectivity index (χ2v) is 2.42. The number of H-pyrrole nitrogens is 2. The van der Waals surface area contributed by atoms with Crippen LogP contribution in [0.4, 0.5) is 11.8 Å². The molecule has 6 nitrogen and oxygen atoms in total. The van der Waals surface area contributed by atoms with Gasteiger partial charge in [-0.05, 0) is 0 Å². The Balaban J connectivity index is 2.78. The van der Waals surface area contributed by atoms with E-state index >= 15 is 0 Å². The molecule has 0 amide bonds. The van der Waals surface area contributed by atoms with Crippen molar-refractivity contribution >= 4 is 22.9 Å². The van der Waals surface area contributed by atoms with Gasteiger partial charge < -0.3 is 26.2 Å². The second kappa shape index (κ2) is 2.07. The molecule has 0 atom stereocenters. The molecular weight excluding hydrogens is 158 g/mol. The second-order valence-electron chi connectivity index (χ2n) is 2.42. The molecule has 0 aromatic carbocycles. The average Bonchev–Trinajstić information content (AvgIpc) is 2.43. The number of nitrogens with two attached hydrogens (primary N) is 2. The van der Waals surface area contributed by atoms with Crippen LogP contribution in [0.3, 0.4) is 0 Å². The van der Waals surface area contributed by atoms with Gasteiger partial charge in [0.15, 0.2) is 17.3 Å². The van der Waals surface area contributed by atoms with E-state index in [0.29, 0.717) is 28.7 Å². The van der Waals surface area contributed by atoms with Gasteiger partial charge in [-0.25, -0.2) is 0 Å². The standard InChI is InChI=1S/C6H9N5O/c1-12-3-2-5(10-4(3)7)11-6(8)9-2/h10H,7H2,1H3,(H3,8,9,11). The van der Waals surface area contributed by atoms with Gasteiger partial charge in [-0.2, -0.15) is 4.98 Å². The van der Waals surface area contributed by atoms with E-state index in [1.807, 2.05) is 0 Å². The molecule has 64 valence electrons. The first kappa shape index (κ1) is 6.84. The predicted molar refractivity (Wildman–Crippen MR) is 45.8 cm³/mol. The number of anilines is 2. The zero-order valence-corrected chi connectivity index (χ0v) is 6.51. The van der Waals surface area contributed by atoms with Crippen molar-refractivity contribution in [3.63, 3.8) is 0 Å². The van der Waals surface area contributed by atoms with E-state index in [4.69, 9.17) is 16.2 Å². The van der Waals surface area contributed by atoms with Gasteiger partial charge in [0.2, 0.25) is 0 Å². The third-order valence-corrected chi connectivity index (χ3v) is 1.65. The highest BCUT2D eigenvalue weighted by atomic mass is 16.5. The van der Waals surface area contributed by atoms with Crippen molar-refractivity contribution in [2.75, 3.05) is 18.6 Å². The number of fused-ring (bicyclic) bond motifs is 1. The van der Waals surface area contributed by atoms with Gasteiger partial charge in [0, 0.05) is 0 Å². The molecule has 0 unspecified atom stereocenters. The molecule has 0 radical (unpaired) electrons. The molecule has 2 aromatic rings. The fourth-order valence-electron chi connectivity index (χ4n) is 1.18. The largest absolute Gasteiger partial charge is 0.491 e. The van der Waals surface area contributed by atoms with E-state index in [2.05, 4.69) is 15.0 Å². The number of hydrogen-bond donors (Lipinski definition) is 4. The molecule has 0 aliphatic carbocycles. The summed E-state index contributed by atoms with van der Waals surface area (Å²) in [5.74, 6) is 1.34. The number of methoxy groups -OCH3 is 1. The molecule has 0 aliphatic heterocycles. The summed E-state index contributed by atoms with van der Waals surface area (Å²) in [4.78, 5) is 9.61. The molecule has 2 rings (SSSR count). The lowest BCUT2D eigenvalue weighted by atomic mass is 10.5. The van der Waals surface area contributed by atoms with Crippen LogP contribution >= 0.6 is 0 Å². The molecule has 0 aliphatic rings. The minimum Gasteiger partial charge on any atom is -0.491 e. The van der Waals surface area contributed by atoms with Crippen molar-refractivity contribution in [2.24, 2.45) is 0 Å². The molecule has 12 heavy (non-hydrogen) atoms. The lowest BCUT2D eigenvalue weighted by Gasteiger charge is -1.95. The summed E-state index contributed by atoms with van der Waals surface area (Å²) in [5, 5.41) is 0. The lowest BCUT2D eigenvalue weighted by Crippen LogP contribution is -1.91. The third-order valence-electron chi connectivity index (χ3n) is 1.65. The molecule has 6 heteroatoms. The molecular formula is C6H9N5O. The van der Waals surface area contributed by atoms with Crippen molar-refractivity contribution < 1.29 is 4.74 Å². The van der Waals surface area contributed by atoms with Gasteiger partial charge in [-0.15, -0.1) is 0 Å². The Bertz CT molecular complexity index is 415. The highest BCUT2D eigenvalue weighted by Crippen LogP contribution is 2.29. The summed E-state index contributed by atoms with van der Waals surface area (Å²) in [6.07, 6.45) is 0. The normalized spacial score (nSPS) is 10.8. The lowest BCUT2D eigenvalue weighted by molar-refractivity contribution is 0.421. The fraction of sp³-hybridized carbons (Fsp3) is 0.167. The maximum atomic E-state index is 5.58. The van der Waals surface area contributed by atoms with Gasteiger partial charge in [0.1, 0.15) is 11.3 Å². The Labute approximate surface area is 67.9 Å². The number of rotatable bonds is 1. The number of hydrogen-bond acceptors (Lipinski definition) is 4. The van der Waals surface area contributed by atoms with E-state index in [-0.39, 0.29) is 0 Å². The number of nitrogens with zero attached hydrogens (tertiary/aromatic N) is 1. The molecule has 0 bridgehead atoms. The van der Waals surface area contributed by atoms with Gasteiger partial charge in [-0.3, -0.25) is 0 Å². The topological polar surface area (TPSA) is 106 Å². The van der Waals surface area contributed by atoms with Crippen LogP contribution in [-0.2, 0) is 0 Å². The van der Waals surface area contributed by atoms with Crippen LogP contribution in [0.5, 0.6) is 5.75 Å². The predicted octanol–water partition coefficient (Wildman–Crippen LogP) is 0.0640. The SMILES string of the molecule is COc1c(N)[nH]c2nc(N)[nH]c12. The van der Waals surface area contributed by atoms with E-state index in [0.717, 1.165) is 0 Å². The van der Waals surface area contributed by atoms with Crippen LogP contribution in [0.25, 0.3) is 11.2 Å². The molecule has 2 aromatic heterocycles. The van der Waals surface area contributed by atoms with Crippen molar-refractivity contribution in [3.05, 3.63) is 0 Å². The Kier molecular flexibility index (Phi) is 1.18. The zero-order chi connectivity index (χ0) is 8.72. The van der Waals surface area contributed by atoms with Gasteiger partial charge >= 0.3 is 0 Å². The summed E-state index contributed by atoms with van der Waals surface area (Å²) < 4.78 is 5.03. The minimum absolute atomic E-state index is 0.342. The summed E-state index contributed by atoms with van der Waals surface area (Å²) in [7, 11) is 1.54. The monoisotopic (exact) mass is 167 g/mol. The Morgan fingerprint density at radius 1 is 1.33 bits per heavy atom. The quantitative estimate of drug-likeness (QED) is 0.482. The van der Waals surface area contributed by atoms with Gasteiger partial charge in [0.05, 0.1) is 7.11 Å². The summed E-state index contributed by atoms with van der Waals surface area (Å²) in [5.41, 5.74) is 12.3. The van der Waals surface area contributed by atoms with E-state index in [9.17, 15) is 0 Å². The Hall–Kier alpha value is -1.85. The Morgan fingerprint density at radius 3 is 2.75 bits per heavy atom. The first-order chi connectivity index (χ1) is 5.72. The maximum Gasteiger partial charge on any atom is 0.200 e. The van der Waals surface area contributed by atoms with Crippen molar-refractivity contribution in [3.8, 4) is 5.75 Å². The van der Waals surface area contributed by atoms with Crippen LogP contribution < -0.4 is 16.2 Å². The molecule has 6 N–H and O–H groups in total. The van der Waals surface area contributed by atoms with E-state index < -0.39 is 0 Å². The average molecular weight is 167 g/mol. The van der Waals surface area contributed by atoms with E-state index in [1.54, 1.807) is 0 Å². The van der Waals surface area contributed by atoms with Crippen LogP contribution in [0.2, 0.25) is 0 Å². The van der Waals surface area contributed by atoms with Crippen LogP contribution in [-0.4, -0.2) is 22.1 Å². The summed E-state index contributed by atoms with van der Waals surface area (Å²) >= 11 is 0. The number of imidazole rings is 1. The van der Waals surface area contributed by atoms with E-state index in [1.165, 1.54) is 7.11 Å². The molecule has 0 saturated heterocycles. The number of aromatic amines is 2. The number of nitrogens with one attached hydrogen (secondary N) is 2. The van der Waals surface area contributed by atoms with Crippen LogP contribution in [0.1, 0.15) is 0 Å². The number of nitrogen functional groups attached to an aromatic ring is 2. The van der Waals surface area contributed by atoms with Gasteiger partial charge in [-0.1, -0.05) is 0 Å². The smallest absolute Gasteiger partial charge is 0.200 e. The van der Waals surface area contributed by atoms with Crippen LogP contribution in [0.15, 0.2) is 0 Å². The summed E-state index contributed by atoms with van der Waals surface area (Å²) in [6.45, 7) is 0. The zero-order valence-electron chi connectivity index (χ0n) is 6.51. The first-order valence-electron chi connectivity index (χ1n) is 3.39. The third kappa shape index (κ3) is 0.714. The highest BCUT2D eigenvalue weighted by molar-refractivity contribution is 5.87. The molecule has 0 saturated carbocycles. The molecule has 0 spiro atoms. The summed E-state index contributed by atoms with van der Waals surface area (Å²) in [6, 6.07) is 0. The fourth-order valence-corrected chi connectivity index (χ4v) is 1.18. The maximum absolute atomic E-state index is 5.58. The minimum atomic E-state index is 0.342. The Morgan fingerprint density at radius 2 is 2.08 bits per heavy atom. The highest BCUT2D eigenvalue weighted by Gasteiger charge is 2.12. The first-order valence-corrected chi connectivity index (χ1v) is 3.39. The molecule has 0 fully saturated rings.